The van der Waals surface area contributed by atoms with Gasteiger partial charge in [-0.15, -0.1) is 0 Å². The van der Waals surface area contributed by atoms with E-state index >= 15 is 0 Å². The zero-order valence-electron chi connectivity index (χ0n) is 8.47. The van der Waals surface area contributed by atoms with Crippen molar-refractivity contribution in [1.29, 1.82) is 0 Å². The molecule has 0 saturated heterocycles. The highest BCUT2D eigenvalue weighted by atomic mass is 32.1. The van der Waals surface area contributed by atoms with Gasteiger partial charge in [0.2, 0.25) is 0 Å². The number of nitrogens with one attached hydrogen (secondary N) is 1. The molecule has 0 aliphatic heterocycles. The predicted octanol–water partition coefficient (Wildman–Crippen LogP) is 1.96. The van der Waals surface area contributed by atoms with Crippen LogP contribution in [0.2, 0.25) is 0 Å². The molecule has 4 nitrogen and oxygen atoms in total. The molecule has 2 aromatic rings. The van der Waals surface area contributed by atoms with Gasteiger partial charge in [-0.2, -0.15) is 8.75 Å². The van der Waals surface area contributed by atoms with Crippen molar-refractivity contribution in [2.45, 2.75) is 13.3 Å². The molecule has 15 heavy (non-hydrogen) atoms. The summed E-state index contributed by atoms with van der Waals surface area (Å²) in [5.74, 6) is 0.895. The van der Waals surface area contributed by atoms with Gasteiger partial charge in [-0.1, -0.05) is 6.07 Å². The van der Waals surface area contributed by atoms with E-state index in [0.717, 1.165) is 30.0 Å². The Bertz CT molecular complexity index is 412. The number of hydrogen-bond acceptors (Lipinski definition) is 5. The molecule has 78 valence electrons. The fraction of sp³-hybridized carbons (Fsp3) is 0.300. The fourth-order valence-corrected chi connectivity index (χ4v) is 1.86. The maximum absolute atomic E-state index is 4.27. The largest absolute Gasteiger partial charge is 0.368 e. The third-order valence-corrected chi connectivity index (χ3v) is 2.56. The Hall–Kier alpha value is -1.49. The third-order valence-electron chi connectivity index (χ3n) is 2.00. The predicted molar refractivity (Wildman–Crippen MR) is 61.1 cm³/mol. The zero-order valence-corrected chi connectivity index (χ0v) is 9.29. The first-order valence-electron chi connectivity index (χ1n) is 4.84. The summed E-state index contributed by atoms with van der Waals surface area (Å²) in [7, 11) is 0. The van der Waals surface area contributed by atoms with Crippen LogP contribution in [0.1, 0.15) is 18.2 Å². The Balaban J connectivity index is 2.14. The van der Waals surface area contributed by atoms with Gasteiger partial charge in [0, 0.05) is 25.4 Å². The number of pyridine rings is 1. The molecule has 0 aliphatic rings. The van der Waals surface area contributed by atoms with Gasteiger partial charge in [-0.05, 0) is 18.6 Å². The first kappa shape index (κ1) is 10.0. The minimum absolute atomic E-state index is 0.784. The standard InChI is InChI=1S/C10H12N4S/c1-2-12-10-9(13-15-14-10)6-8-4-3-5-11-7-8/h3-5,7H,2,6H2,1H3,(H,12,14). The van der Waals surface area contributed by atoms with Gasteiger partial charge in [0.15, 0.2) is 5.82 Å². The summed E-state index contributed by atoms with van der Waals surface area (Å²) in [6, 6.07) is 3.98. The van der Waals surface area contributed by atoms with E-state index in [9.17, 15) is 0 Å². The lowest BCUT2D eigenvalue weighted by atomic mass is 10.1. The highest BCUT2D eigenvalue weighted by Gasteiger charge is 2.07. The van der Waals surface area contributed by atoms with E-state index in [0.29, 0.717) is 0 Å². The Morgan fingerprint density at radius 3 is 3.07 bits per heavy atom. The van der Waals surface area contributed by atoms with E-state index in [-0.39, 0.29) is 0 Å². The van der Waals surface area contributed by atoms with Gasteiger partial charge in [0.1, 0.15) is 5.69 Å². The normalized spacial score (nSPS) is 10.2. The molecule has 0 saturated carbocycles. The van der Waals surface area contributed by atoms with E-state index in [1.807, 2.05) is 25.3 Å². The third kappa shape index (κ3) is 2.50. The van der Waals surface area contributed by atoms with E-state index in [1.165, 1.54) is 11.7 Å². The summed E-state index contributed by atoms with van der Waals surface area (Å²) in [6.45, 7) is 2.92. The van der Waals surface area contributed by atoms with Gasteiger partial charge in [0.05, 0.1) is 11.7 Å². The number of anilines is 1. The van der Waals surface area contributed by atoms with Crippen LogP contribution >= 0.6 is 11.7 Å². The highest BCUT2D eigenvalue weighted by molar-refractivity contribution is 6.99. The van der Waals surface area contributed by atoms with Gasteiger partial charge < -0.3 is 5.32 Å². The van der Waals surface area contributed by atoms with Crippen molar-refractivity contribution in [1.82, 2.24) is 13.7 Å². The molecule has 0 atom stereocenters. The molecule has 0 spiro atoms. The van der Waals surface area contributed by atoms with Crippen LogP contribution in [0.25, 0.3) is 0 Å². The Kier molecular flexibility index (Phi) is 3.24. The molecular weight excluding hydrogens is 208 g/mol. The summed E-state index contributed by atoms with van der Waals surface area (Å²) in [6.07, 6.45) is 4.41. The lowest BCUT2D eigenvalue weighted by Crippen LogP contribution is -2.01. The lowest BCUT2D eigenvalue weighted by Gasteiger charge is -2.01. The quantitative estimate of drug-likeness (QED) is 0.855. The van der Waals surface area contributed by atoms with E-state index in [4.69, 9.17) is 0 Å². The number of rotatable bonds is 4. The summed E-state index contributed by atoms with van der Waals surface area (Å²) >= 11 is 1.24. The summed E-state index contributed by atoms with van der Waals surface area (Å²) in [4.78, 5) is 4.08. The van der Waals surface area contributed by atoms with Crippen molar-refractivity contribution >= 4 is 17.5 Å². The molecule has 1 N–H and O–H groups in total. The molecule has 0 amide bonds. The van der Waals surface area contributed by atoms with Crippen LogP contribution in [-0.4, -0.2) is 20.3 Å². The number of nitrogens with zero attached hydrogens (tertiary/aromatic N) is 3. The average Bonchev–Trinajstić information content (AvgIpc) is 2.68. The Morgan fingerprint density at radius 1 is 1.40 bits per heavy atom. The van der Waals surface area contributed by atoms with Gasteiger partial charge in [-0.25, -0.2) is 0 Å². The van der Waals surface area contributed by atoms with Crippen LogP contribution in [0.15, 0.2) is 24.5 Å². The molecule has 0 bridgehead atoms. The van der Waals surface area contributed by atoms with Crippen molar-refractivity contribution in [3.8, 4) is 0 Å². The molecule has 2 heterocycles. The van der Waals surface area contributed by atoms with E-state index in [1.54, 1.807) is 6.20 Å². The second kappa shape index (κ2) is 4.84. The van der Waals surface area contributed by atoms with Gasteiger partial charge in [-0.3, -0.25) is 4.98 Å². The summed E-state index contributed by atoms with van der Waals surface area (Å²) < 4.78 is 8.47. The van der Waals surface area contributed by atoms with E-state index < -0.39 is 0 Å². The molecule has 0 unspecified atom stereocenters. The molecule has 0 aromatic carbocycles. The van der Waals surface area contributed by atoms with Crippen LogP contribution in [0, 0.1) is 0 Å². The minimum atomic E-state index is 0.784. The van der Waals surface area contributed by atoms with Crippen LogP contribution < -0.4 is 5.32 Å². The van der Waals surface area contributed by atoms with Crippen molar-refractivity contribution in [3.63, 3.8) is 0 Å². The first-order chi connectivity index (χ1) is 7.40. The maximum atomic E-state index is 4.27. The van der Waals surface area contributed by atoms with Crippen LogP contribution in [0.4, 0.5) is 5.82 Å². The second-order valence-electron chi connectivity index (χ2n) is 3.13. The molecule has 5 heteroatoms. The average molecular weight is 220 g/mol. The number of aromatic nitrogens is 3. The maximum Gasteiger partial charge on any atom is 0.163 e. The molecule has 2 aromatic heterocycles. The molecule has 0 radical (unpaired) electrons. The van der Waals surface area contributed by atoms with Gasteiger partial charge in [0.25, 0.3) is 0 Å². The van der Waals surface area contributed by atoms with Crippen molar-refractivity contribution in [3.05, 3.63) is 35.8 Å². The van der Waals surface area contributed by atoms with E-state index in [2.05, 4.69) is 19.0 Å². The number of hydrogen-bond donors (Lipinski definition) is 1. The fourth-order valence-electron chi connectivity index (χ4n) is 1.32. The second-order valence-corrected chi connectivity index (χ2v) is 3.66. The molecular formula is C10H12N4S. The Labute approximate surface area is 92.7 Å². The SMILES string of the molecule is CCNc1nsnc1Cc1cccnc1. The van der Waals surface area contributed by atoms with Crippen molar-refractivity contribution < 1.29 is 0 Å². The lowest BCUT2D eigenvalue weighted by molar-refractivity contribution is 1.08. The van der Waals surface area contributed by atoms with Crippen LogP contribution in [-0.2, 0) is 6.42 Å². The van der Waals surface area contributed by atoms with Crippen molar-refractivity contribution in [2.75, 3.05) is 11.9 Å². The van der Waals surface area contributed by atoms with Crippen LogP contribution in [0.5, 0.6) is 0 Å². The highest BCUT2D eigenvalue weighted by Crippen LogP contribution is 2.15. The summed E-state index contributed by atoms with van der Waals surface area (Å²) in [5, 5.41) is 3.19. The molecule has 2 rings (SSSR count). The molecule has 0 fully saturated rings. The summed E-state index contributed by atoms with van der Waals surface area (Å²) in [5.41, 5.74) is 2.15. The monoisotopic (exact) mass is 220 g/mol. The first-order valence-corrected chi connectivity index (χ1v) is 5.57. The minimum Gasteiger partial charge on any atom is -0.368 e. The molecule has 0 aliphatic carbocycles. The topological polar surface area (TPSA) is 50.7 Å². The zero-order chi connectivity index (χ0) is 10.5. The van der Waals surface area contributed by atoms with Gasteiger partial charge >= 0.3 is 0 Å². The smallest absolute Gasteiger partial charge is 0.163 e. The van der Waals surface area contributed by atoms with Crippen LogP contribution in [0.3, 0.4) is 0 Å². The Morgan fingerprint density at radius 2 is 2.33 bits per heavy atom. The van der Waals surface area contributed by atoms with Crippen molar-refractivity contribution in [2.24, 2.45) is 0 Å².